The molecule has 0 aromatic heterocycles. The van der Waals surface area contributed by atoms with Crippen LogP contribution in [-0.2, 0) is 34.9 Å². The first-order valence-corrected chi connectivity index (χ1v) is 36.5. The maximum atomic E-state index is 12.1. The van der Waals surface area contributed by atoms with Crippen LogP contribution in [0, 0.1) is 0 Å². The van der Waals surface area contributed by atoms with Gasteiger partial charge in [-0.15, -0.1) is 0 Å². The number of benzene rings is 9. The highest BCUT2D eigenvalue weighted by Gasteiger charge is 2.16. The summed E-state index contributed by atoms with van der Waals surface area (Å²) < 4.78 is 31.1. The number of unbranched alkanes of at least 4 members (excludes halogenated alkanes) is 3. The van der Waals surface area contributed by atoms with E-state index >= 15 is 0 Å². The van der Waals surface area contributed by atoms with Crippen molar-refractivity contribution in [1.29, 1.82) is 0 Å². The van der Waals surface area contributed by atoms with E-state index < -0.39 is 11.9 Å². The number of ether oxygens (including phenoxy) is 6. The van der Waals surface area contributed by atoms with E-state index in [-0.39, 0.29) is 36.4 Å². The molecule has 109 heavy (non-hydrogen) atoms. The molecule has 0 saturated carbocycles. The molecule has 0 fully saturated rings. The zero-order valence-corrected chi connectivity index (χ0v) is 63.8. The van der Waals surface area contributed by atoms with Crippen molar-refractivity contribution in [2.75, 3.05) is 67.0 Å². The molecule has 0 atom stereocenters. The first-order chi connectivity index (χ1) is 52.7. The lowest BCUT2D eigenvalue weighted by Crippen LogP contribution is -2.13. The molecule has 19 nitrogen and oxygen atoms in total. The van der Waals surface area contributed by atoms with E-state index in [4.69, 9.17) is 57.1 Å². The van der Waals surface area contributed by atoms with Crippen LogP contribution >= 0.6 is 0 Å². The number of anilines is 6. The first-order valence-electron chi connectivity index (χ1n) is 36.5. The number of hydrogen-bond donors (Lipinski definition) is 6. The van der Waals surface area contributed by atoms with Crippen LogP contribution in [0.1, 0.15) is 180 Å². The summed E-state index contributed by atoms with van der Waals surface area (Å²) in [5.41, 5.74) is 37.4. The zero-order valence-electron chi connectivity index (χ0n) is 63.8. The van der Waals surface area contributed by atoms with Crippen molar-refractivity contribution in [2.24, 2.45) is 0 Å². The van der Waals surface area contributed by atoms with Gasteiger partial charge in [-0.3, -0.25) is 4.79 Å². The van der Waals surface area contributed by atoms with Gasteiger partial charge in [-0.05, 0) is 173 Å². The van der Waals surface area contributed by atoms with Gasteiger partial charge in [0.1, 0.15) is 12.4 Å². The predicted octanol–water partition coefficient (Wildman–Crippen LogP) is 19.4. The third kappa shape index (κ3) is 35.9. The SMILES string of the molecule is CC(C)=CCC/C(C)=C/COC(=O)c1ccccc1N.CC/C=C/CCOC(=O)c1ccccc1NC(C)=O.CC/C=C\CCOC(=O)c1ccccc1N.CCCCCCOC(=O)c1ccccc1N.Nc1ccccc1C(=O)OCCc1ccccc1.Nc1ccccc1C(=O)Oc1ccc2ccccc2c1. The molecular formula is C90H106N6O13. The molecule has 1 amide bonds. The number of carbonyl (C=O) groups excluding carboxylic acids is 7. The highest BCUT2D eigenvalue weighted by molar-refractivity contribution is 6.01. The van der Waals surface area contributed by atoms with E-state index in [9.17, 15) is 33.6 Å². The number of amides is 1. The Bertz CT molecular complexity index is 4410. The number of para-hydroxylation sites is 6. The van der Waals surface area contributed by atoms with E-state index in [1.165, 1.54) is 30.9 Å². The van der Waals surface area contributed by atoms with Crippen LogP contribution in [0.25, 0.3) is 10.8 Å². The molecule has 9 rings (SSSR count). The summed E-state index contributed by atoms with van der Waals surface area (Å²) >= 11 is 0. The third-order valence-electron chi connectivity index (χ3n) is 15.6. The fraction of sp³-hybridized carbons (Fsp3) is 0.256. The minimum atomic E-state index is -0.446. The monoisotopic (exact) mass is 1480 g/mol. The molecular weight excluding hydrogens is 1370 g/mol. The second-order valence-electron chi connectivity index (χ2n) is 24.7. The maximum Gasteiger partial charge on any atom is 0.345 e. The highest BCUT2D eigenvalue weighted by Crippen LogP contribution is 2.24. The van der Waals surface area contributed by atoms with Crippen molar-refractivity contribution in [3.63, 3.8) is 0 Å². The molecule has 0 aliphatic heterocycles. The summed E-state index contributed by atoms with van der Waals surface area (Å²) in [7, 11) is 0. The van der Waals surface area contributed by atoms with Gasteiger partial charge in [-0.25, -0.2) is 28.8 Å². The molecule has 9 aromatic carbocycles. The number of carbonyl (C=O) groups is 7. The summed E-state index contributed by atoms with van der Waals surface area (Å²) in [6.07, 6.45) is 22.7. The van der Waals surface area contributed by atoms with E-state index in [0.717, 1.165) is 61.3 Å². The van der Waals surface area contributed by atoms with Crippen molar-refractivity contribution in [3.8, 4) is 5.75 Å². The lowest BCUT2D eigenvalue weighted by atomic mass is 10.1. The summed E-state index contributed by atoms with van der Waals surface area (Å²) in [6.45, 7) is 15.7. The molecule has 0 unspecified atom stereocenters. The van der Waals surface area contributed by atoms with Gasteiger partial charge in [-0.1, -0.05) is 215 Å². The molecule has 0 aliphatic rings. The van der Waals surface area contributed by atoms with Gasteiger partial charge in [0.05, 0.1) is 65.5 Å². The Hall–Kier alpha value is -12.5. The largest absolute Gasteiger partial charge is 0.462 e. The van der Waals surface area contributed by atoms with Crippen molar-refractivity contribution in [1.82, 2.24) is 0 Å². The Morgan fingerprint density at radius 1 is 0.367 bits per heavy atom. The summed E-state index contributed by atoms with van der Waals surface area (Å²) in [5.74, 6) is -2.01. The van der Waals surface area contributed by atoms with Crippen LogP contribution in [0.3, 0.4) is 0 Å². The number of allylic oxidation sites excluding steroid dienone is 5. The Kier molecular flexibility index (Phi) is 42.8. The molecule has 0 heterocycles. The smallest absolute Gasteiger partial charge is 0.345 e. The fourth-order valence-electron chi connectivity index (χ4n) is 9.71. The second kappa shape index (κ2) is 52.5. The van der Waals surface area contributed by atoms with Crippen molar-refractivity contribution in [3.05, 3.63) is 305 Å². The Morgan fingerprint density at radius 3 is 1.23 bits per heavy atom. The molecule has 0 aliphatic carbocycles. The molecule has 0 saturated heterocycles. The summed E-state index contributed by atoms with van der Waals surface area (Å²) in [6, 6.07) is 64.7. The predicted molar refractivity (Wildman–Crippen MR) is 440 cm³/mol. The Balaban J connectivity index is 0.000000277. The third-order valence-corrected chi connectivity index (χ3v) is 15.6. The van der Waals surface area contributed by atoms with Crippen molar-refractivity contribution < 1.29 is 62.0 Å². The van der Waals surface area contributed by atoms with Gasteiger partial charge >= 0.3 is 35.8 Å². The lowest BCUT2D eigenvalue weighted by molar-refractivity contribution is -0.114. The minimum absolute atomic E-state index is 0.217. The van der Waals surface area contributed by atoms with Gasteiger partial charge in [0.2, 0.25) is 5.91 Å². The Morgan fingerprint density at radius 2 is 0.771 bits per heavy atom. The molecule has 574 valence electrons. The van der Waals surface area contributed by atoms with Crippen LogP contribution in [0.15, 0.2) is 266 Å². The molecule has 19 heteroatoms. The summed E-state index contributed by atoms with van der Waals surface area (Å²) in [4.78, 5) is 81.7. The molecule has 0 bridgehead atoms. The normalized spacial score (nSPS) is 10.4. The number of nitrogen functional groups attached to an aromatic ring is 5. The highest BCUT2D eigenvalue weighted by atomic mass is 16.6. The molecule has 9 aromatic rings. The average Bonchev–Trinajstić information content (AvgIpc) is 0.841. The number of esters is 6. The van der Waals surface area contributed by atoms with Crippen LogP contribution < -0.4 is 38.7 Å². The quantitative estimate of drug-likeness (QED) is 0.00633. The number of rotatable bonds is 29. The first kappa shape index (κ1) is 88.9. The van der Waals surface area contributed by atoms with Crippen molar-refractivity contribution >= 4 is 86.6 Å². The standard InChI is InChI=1S/C17H13NO2.C17H23NO2.C15H19NO3.C15H15NO2.C13H19NO2.C13H17NO2/c18-16-8-4-3-7-15(16)17(19)20-14-10-9-12-5-1-2-6-13(12)11-14;1-13(2)7-6-8-14(3)11-12-20-17(19)15-9-4-5-10-16(15)18;1-3-4-5-8-11-19-15(18)13-9-6-7-10-14(13)16-12(2)17;16-14-9-5-4-8-13(14)15(17)18-11-10-12-6-2-1-3-7-12;2*1-2-3-4-7-10-16-13(15)11-8-5-6-9-12(11)14/h1-11H,18H2;4-5,7,9-11H,6,8,12,18H2,1-3H3;4-7,9-10H,3,8,11H2,1-2H3,(H,16,17);1-9H,10-11,16H2;5-6,8-9H,2-4,7,10,14H2,1H3;3-6,8-9H,2,7,10,14H2,1H3/b;14-11+;5-4+;;;4-3-. The second-order valence-corrected chi connectivity index (χ2v) is 24.7. The summed E-state index contributed by atoms with van der Waals surface area (Å²) in [5, 5.41) is 4.74. The number of hydrogen-bond acceptors (Lipinski definition) is 18. The Labute approximate surface area is 642 Å². The van der Waals surface area contributed by atoms with Crippen LogP contribution in [0.2, 0.25) is 0 Å². The van der Waals surface area contributed by atoms with E-state index in [1.54, 1.807) is 152 Å². The topological polar surface area (TPSA) is 317 Å². The number of nitrogens with two attached hydrogens (primary N) is 5. The molecule has 0 radical (unpaired) electrons. The average molecular weight is 1480 g/mol. The van der Waals surface area contributed by atoms with Crippen molar-refractivity contribution in [2.45, 2.75) is 119 Å². The van der Waals surface area contributed by atoms with Gasteiger partial charge in [0.15, 0.2) is 0 Å². The van der Waals surface area contributed by atoms with Crippen LogP contribution in [-0.4, -0.2) is 74.8 Å². The van der Waals surface area contributed by atoms with Gasteiger partial charge < -0.3 is 62.4 Å². The molecule has 0 spiro atoms. The minimum Gasteiger partial charge on any atom is -0.462 e. The van der Waals surface area contributed by atoms with Crippen LogP contribution in [0.5, 0.6) is 5.75 Å². The van der Waals surface area contributed by atoms with E-state index in [1.807, 2.05) is 111 Å². The van der Waals surface area contributed by atoms with E-state index in [2.05, 4.69) is 39.1 Å². The van der Waals surface area contributed by atoms with Gasteiger partial charge in [0.25, 0.3) is 0 Å². The number of nitrogens with one attached hydrogen (secondary N) is 1. The van der Waals surface area contributed by atoms with Gasteiger partial charge in [0, 0.05) is 41.8 Å². The maximum absolute atomic E-state index is 12.1. The van der Waals surface area contributed by atoms with Crippen LogP contribution in [0.4, 0.5) is 34.1 Å². The zero-order chi connectivity index (χ0) is 79.4. The fourth-order valence-corrected chi connectivity index (χ4v) is 9.71. The van der Waals surface area contributed by atoms with Gasteiger partial charge in [-0.2, -0.15) is 0 Å². The lowest BCUT2D eigenvalue weighted by Gasteiger charge is -2.09. The van der Waals surface area contributed by atoms with E-state index in [0.29, 0.717) is 113 Å². The number of fused-ring (bicyclic) bond motifs is 1. The molecule has 11 N–H and O–H groups in total.